The molecule has 1 heterocycles. The van der Waals surface area contributed by atoms with E-state index in [9.17, 15) is 0 Å². The second-order valence-corrected chi connectivity index (χ2v) is 6.02. The number of furan rings is 1. The predicted molar refractivity (Wildman–Crippen MR) is 88.0 cm³/mol. The number of nitrogens with two attached hydrogens (primary N) is 1. The molecule has 0 spiro atoms. The normalized spacial score (nSPS) is 12.8. The first-order valence-electron chi connectivity index (χ1n) is 6.73. The Labute approximate surface area is 133 Å². The molecule has 21 heavy (non-hydrogen) atoms. The second-order valence-electron chi connectivity index (χ2n) is 5.20. The molecule has 1 atom stereocenters. The van der Waals surface area contributed by atoms with Crippen molar-refractivity contribution < 1.29 is 4.42 Å². The Kier molecular flexibility index (Phi) is 3.94. The average molecular weight is 320 g/mol. The van der Waals surface area contributed by atoms with Crippen LogP contribution in [0.3, 0.4) is 0 Å². The van der Waals surface area contributed by atoms with Crippen molar-refractivity contribution in [3.63, 3.8) is 0 Å². The van der Waals surface area contributed by atoms with Crippen LogP contribution in [0, 0.1) is 6.92 Å². The summed E-state index contributed by atoms with van der Waals surface area (Å²) in [5, 5.41) is 2.32. The van der Waals surface area contributed by atoms with Crippen molar-refractivity contribution >= 4 is 34.2 Å². The van der Waals surface area contributed by atoms with E-state index < -0.39 is 0 Å². The van der Waals surface area contributed by atoms with Gasteiger partial charge in [-0.25, -0.2) is 0 Å². The highest BCUT2D eigenvalue weighted by atomic mass is 35.5. The van der Waals surface area contributed by atoms with Crippen molar-refractivity contribution in [1.29, 1.82) is 0 Å². The van der Waals surface area contributed by atoms with Crippen LogP contribution in [0.4, 0.5) is 0 Å². The van der Waals surface area contributed by atoms with Gasteiger partial charge in [0, 0.05) is 15.4 Å². The van der Waals surface area contributed by atoms with Gasteiger partial charge in [0.2, 0.25) is 0 Å². The van der Waals surface area contributed by atoms with Gasteiger partial charge in [-0.05, 0) is 49.2 Å². The van der Waals surface area contributed by atoms with Crippen LogP contribution in [-0.4, -0.2) is 0 Å². The number of hydrogen-bond acceptors (Lipinski definition) is 2. The van der Waals surface area contributed by atoms with Gasteiger partial charge in [-0.1, -0.05) is 40.9 Å². The summed E-state index contributed by atoms with van der Waals surface area (Å²) in [6, 6.07) is 13.2. The highest BCUT2D eigenvalue weighted by Gasteiger charge is 2.16. The first kappa shape index (κ1) is 14.5. The summed E-state index contributed by atoms with van der Waals surface area (Å²) in [4.78, 5) is 0. The monoisotopic (exact) mass is 319 g/mol. The van der Waals surface area contributed by atoms with E-state index in [1.54, 1.807) is 0 Å². The molecular weight excluding hydrogens is 305 g/mol. The van der Waals surface area contributed by atoms with Gasteiger partial charge < -0.3 is 10.2 Å². The average Bonchev–Trinajstić information content (AvgIpc) is 2.86. The van der Waals surface area contributed by atoms with Gasteiger partial charge in [-0.3, -0.25) is 0 Å². The van der Waals surface area contributed by atoms with E-state index in [0.717, 1.165) is 22.3 Å². The van der Waals surface area contributed by atoms with Gasteiger partial charge in [-0.2, -0.15) is 0 Å². The van der Waals surface area contributed by atoms with Crippen molar-refractivity contribution in [3.05, 3.63) is 69.4 Å². The lowest BCUT2D eigenvalue weighted by Gasteiger charge is -2.11. The molecule has 3 rings (SSSR count). The Hall–Kier alpha value is -1.48. The van der Waals surface area contributed by atoms with Gasteiger partial charge in [0.05, 0.1) is 6.04 Å². The van der Waals surface area contributed by atoms with Crippen LogP contribution in [0.25, 0.3) is 11.0 Å². The highest BCUT2D eigenvalue weighted by molar-refractivity contribution is 6.36. The van der Waals surface area contributed by atoms with E-state index in [1.165, 1.54) is 5.56 Å². The number of fused-ring (bicyclic) bond motifs is 1. The van der Waals surface area contributed by atoms with Crippen LogP contribution in [0.1, 0.15) is 22.9 Å². The van der Waals surface area contributed by atoms with Gasteiger partial charge in [-0.15, -0.1) is 0 Å². The first-order valence-corrected chi connectivity index (χ1v) is 7.49. The highest BCUT2D eigenvalue weighted by Crippen LogP contribution is 2.30. The van der Waals surface area contributed by atoms with Crippen LogP contribution >= 0.6 is 23.2 Å². The lowest BCUT2D eigenvalue weighted by atomic mass is 10.0. The summed E-state index contributed by atoms with van der Waals surface area (Å²) in [7, 11) is 0. The molecule has 2 N–H and O–H groups in total. The van der Waals surface area contributed by atoms with Crippen molar-refractivity contribution in [2.45, 2.75) is 19.4 Å². The number of halogens is 2. The molecular formula is C17H15Cl2NO. The summed E-state index contributed by atoms with van der Waals surface area (Å²) in [6.45, 7) is 2.05. The molecule has 2 nitrogen and oxygen atoms in total. The zero-order valence-corrected chi connectivity index (χ0v) is 13.1. The Morgan fingerprint density at radius 1 is 1.10 bits per heavy atom. The predicted octanol–water partition coefficient (Wildman–Crippen LogP) is 5.29. The molecule has 0 saturated heterocycles. The van der Waals surface area contributed by atoms with E-state index in [0.29, 0.717) is 16.5 Å². The zero-order chi connectivity index (χ0) is 15.0. The minimum Gasteiger partial charge on any atom is -0.459 e. The molecule has 3 aromatic rings. The number of benzene rings is 2. The van der Waals surface area contributed by atoms with Crippen LogP contribution in [-0.2, 0) is 6.42 Å². The summed E-state index contributed by atoms with van der Waals surface area (Å²) in [5.41, 5.74) is 9.14. The fourth-order valence-electron chi connectivity index (χ4n) is 2.41. The molecule has 0 amide bonds. The van der Waals surface area contributed by atoms with E-state index in [1.807, 2.05) is 36.4 Å². The molecule has 0 aliphatic heterocycles. The number of aryl methyl sites for hydroxylation is 1. The lowest BCUT2D eigenvalue weighted by Crippen LogP contribution is -2.13. The largest absolute Gasteiger partial charge is 0.459 e. The molecule has 0 bridgehead atoms. The van der Waals surface area contributed by atoms with Gasteiger partial charge in [0.1, 0.15) is 11.3 Å². The number of hydrogen-bond donors (Lipinski definition) is 1. The second kappa shape index (κ2) is 5.72. The maximum Gasteiger partial charge on any atom is 0.134 e. The topological polar surface area (TPSA) is 39.2 Å². The first-order chi connectivity index (χ1) is 10.0. The third kappa shape index (κ3) is 2.93. The Bertz CT molecular complexity index is 774. The molecule has 4 heteroatoms. The summed E-state index contributed by atoms with van der Waals surface area (Å²) >= 11 is 12.4. The van der Waals surface area contributed by atoms with Crippen molar-refractivity contribution in [2.24, 2.45) is 5.73 Å². The summed E-state index contributed by atoms with van der Waals surface area (Å²) < 4.78 is 5.83. The standard InChI is InChI=1S/C17H15Cl2NO/c1-10-5-6-16-11(7-10)8-17(21-16)15(20)9-12-13(18)3-2-4-14(12)19/h2-8,15H,9,20H2,1H3. The fourth-order valence-corrected chi connectivity index (χ4v) is 2.97. The third-order valence-corrected chi connectivity index (χ3v) is 4.25. The molecule has 0 aliphatic rings. The summed E-state index contributed by atoms with van der Waals surface area (Å²) in [6.07, 6.45) is 0.539. The Balaban J connectivity index is 1.91. The lowest BCUT2D eigenvalue weighted by molar-refractivity contribution is 0.494. The Morgan fingerprint density at radius 3 is 2.52 bits per heavy atom. The van der Waals surface area contributed by atoms with Crippen LogP contribution < -0.4 is 5.73 Å². The molecule has 2 aromatic carbocycles. The molecule has 0 fully saturated rings. The molecule has 1 aromatic heterocycles. The van der Waals surface area contributed by atoms with Crippen LogP contribution in [0.2, 0.25) is 10.0 Å². The van der Waals surface area contributed by atoms with E-state index in [2.05, 4.69) is 13.0 Å². The minimum absolute atomic E-state index is 0.282. The minimum atomic E-state index is -0.282. The SMILES string of the molecule is Cc1ccc2oc(C(N)Cc3c(Cl)cccc3Cl)cc2c1. The molecule has 0 aliphatic carbocycles. The van der Waals surface area contributed by atoms with Gasteiger partial charge in [0.15, 0.2) is 0 Å². The molecule has 1 unspecified atom stereocenters. The fraction of sp³-hybridized carbons (Fsp3) is 0.176. The maximum atomic E-state index is 6.26. The van der Waals surface area contributed by atoms with Crippen LogP contribution in [0.15, 0.2) is 46.9 Å². The van der Waals surface area contributed by atoms with Crippen LogP contribution in [0.5, 0.6) is 0 Å². The molecule has 108 valence electrons. The maximum absolute atomic E-state index is 6.26. The Morgan fingerprint density at radius 2 is 1.81 bits per heavy atom. The summed E-state index contributed by atoms with van der Waals surface area (Å²) in [5.74, 6) is 0.742. The van der Waals surface area contributed by atoms with Gasteiger partial charge in [0.25, 0.3) is 0 Å². The molecule has 0 saturated carbocycles. The van der Waals surface area contributed by atoms with E-state index in [4.69, 9.17) is 33.4 Å². The molecule has 0 radical (unpaired) electrons. The zero-order valence-electron chi connectivity index (χ0n) is 11.6. The smallest absolute Gasteiger partial charge is 0.134 e. The third-order valence-electron chi connectivity index (χ3n) is 3.54. The van der Waals surface area contributed by atoms with Crippen molar-refractivity contribution in [3.8, 4) is 0 Å². The van der Waals surface area contributed by atoms with Crippen molar-refractivity contribution in [1.82, 2.24) is 0 Å². The van der Waals surface area contributed by atoms with E-state index >= 15 is 0 Å². The van der Waals surface area contributed by atoms with Gasteiger partial charge >= 0.3 is 0 Å². The van der Waals surface area contributed by atoms with Crippen molar-refractivity contribution in [2.75, 3.05) is 0 Å². The quantitative estimate of drug-likeness (QED) is 0.712. The van der Waals surface area contributed by atoms with E-state index in [-0.39, 0.29) is 6.04 Å². The number of rotatable bonds is 3.